The number of nitrogens with zero attached hydrogens (tertiary/aromatic N) is 5. The average Bonchev–Trinajstić information content (AvgIpc) is 3.57. The van der Waals surface area contributed by atoms with Gasteiger partial charge in [0, 0.05) is 38.1 Å². The van der Waals surface area contributed by atoms with E-state index in [1.54, 1.807) is 18.2 Å². The van der Waals surface area contributed by atoms with Crippen LogP contribution in [0.25, 0.3) is 0 Å². The van der Waals surface area contributed by atoms with Gasteiger partial charge in [-0.3, -0.25) is 14.3 Å². The number of carbonyl (C=O) groups excluding carboxylic acids is 2. The lowest BCUT2D eigenvalue weighted by Crippen LogP contribution is -2.39. The predicted octanol–water partition coefficient (Wildman–Crippen LogP) is 6.12. The molecule has 2 atom stereocenters. The summed E-state index contributed by atoms with van der Waals surface area (Å²) in [5, 5.41) is 14.9. The van der Waals surface area contributed by atoms with E-state index in [-0.39, 0.29) is 29.3 Å². The molecule has 1 aliphatic carbocycles. The van der Waals surface area contributed by atoms with Gasteiger partial charge >= 0.3 is 0 Å². The Morgan fingerprint density at radius 2 is 1.96 bits per heavy atom. The lowest BCUT2D eigenvalue weighted by atomic mass is 9.90. The summed E-state index contributed by atoms with van der Waals surface area (Å²) in [7, 11) is 1.66. The van der Waals surface area contributed by atoms with Gasteiger partial charge in [-0.05, 0) is 68.2 Å². The highest BCUT2D eigenvalue weighted by atomic mass is 16.5. The lowest BCUT2D eigenvalue weighted by Gasteiger charge is -2.32. The van der Waals surface area contributed by atoms with Crippen LogP contribution in [-0.4, -0.2) is 69.2 Å². The second-order valence-electron chi connectivity index (χ2n) is 13.1. The normalized spacial score (nSPS) is 17.5. The molecule has 1 saturated carbocycles. The molecular weight excluding hydrogens is 606 g/mol. The Balaban J connectivity index is 1.34. The second-order valence-corrected chi connectivity index (χ2v) is 13.1. The Kier molecular flexibility index (Phi) is 12.1. The Morgan fingerprint density at radius 3 is 2.69 bits per heavy atom. The second kappa shape index (κ2) is 16.6. The first-order valence-electron chi connectivity index (χ1n) is 17.4. The number of aryl methyl sites for hydroxylation is 1. The number of nitrogens with two attached hydrogens (primary N) is 1. The van der Waals surface area contributed by atoms with Crippen molar-refractivity contribution in [1.29, 1.82) is 0 Å². The van der Waals surface area contributed by atoms with Crippen LogP contribution in [-0.2, 0) is 4.79 Å². The van der Waals surface area contributed by atoms with Gasteiger partial charge in [-0.25, -0.2) is 4.98 Å². The van der Waals surface area contributed by atoms with Gasteiger partial charge < -0.3 is 31.3 Å². The highest BCUT2D eigenvalue weighted by Crippen LogP contribution is 2.37. The summed E-state index contributed by atoms with van der Waals surface area (Å²) in [5.41, 5.74) is 9.51. The molecule has 12 nitrogen and oxygen atoms in total. The molecule has 1 saturated heterocycles. The molecule has 258 valence electrons. The van der Waals surface area contributed by atoms with E-state index < -0.39 is 5.91 Å². The van der Waals surface area contributed by atoms with Gasteiger partial charge in [0.1, 0.15) is 17.1 Å². The summed E-state index contributed by atoms with van der Waals surface area (Å²) in [6.07, 6.45) is 18.0. The van der Waals surface area contributed by atoms with Crippen molar-refractivity contribution in [1.82, 2.24) is 30.0 Å². The highest BCUT2D eigenvalue weighted by Gasteiger charge is 2.25. The maximum absolute atomic E-state index is 12.4. The van der Waals surface area contributed by atoms with Crippen molar-refractivity contribution >= 4 is 35.0 Å². The van der Waals surface area contributed by atoms with Gasteiger partial charge in [0.15, 0.2) is 0 Å². The number of nitrogens with one attached hydrogen (secondary N) is 3. The molecule has 0 bridgehead atoms. The smallest absolute Gasteiger partial charge is 0.254 e. The first kappa shape index (κ1) is 34.9. The van der Waals surface area contributed by atoms with E-state index >= 15 is 0 Å². The number of aromatic nitrogens is 4. The molecular formula is C36H51N9O3. The number of piperidine rings is 1. The molecule has 2 amide bonds. The number of unbranched alkanes of at least 4 members (excludes halogenated alkanes) is 1. The molecule has 5 rings (SSSR count). The Morgan fingerprint density at radius 1 is 1.15 bits per heavy atom. The summed E-state index contributed by atoms with van der Waals surface area (Å²) < 4.78 is 7.76. The van der Waals surface area contributed by atoms with Gasteiger partial charge in [0.05, 0.1) is 30.7 Å². The van der Waals surface area contributed by atoms with E-state index in [4.69, 9.17) is 10.5 Å². The molecule has 2 unspecified atom stereocenters. The Hall–Kier alpha value is -4.45. The minimum Gasteiger partial charge on any atom is -0.495 e. The fraction of sp³-hybridized carbons (Fsp3) is 0.528. The maximum Gasteiger partial charge on any atom is 0.254 e. The van der Waals surface area contributed by atoms with Crippen LogP contribution in [0.3, 0.4) is 0 Å². The number of ether oxygens (including phenoxy) is 1. The van der Waals surface area contributed by atoms with Gasteiger partial charge in [-0.1, -0.05) is 51.7 Å². The number of primary amides is 1. The van der Waals surface area contributed by atoms with Crippen molar-refractivity contribution in [3.05, 3.63) is 60.1 Å². The fourth-order valence-corrected chi connectivity index (χ4v) is 6.86. The van der Waals surface area contributed by atoms with Crippen molar-refractivity contribution in [2.24, 2.45) is 5.73 Å². The van der Waals surface area contributed by atoms with Gasteiger partial charge in [-0.15, -0.1) is 0 Å². The molecule has 2 aromatic heterocycles. The number of carbonyl (C=O) groups is 2. The minimum absolute atomic E-state index is 0.0524. The molecule has 5 N–H and O–H groups in total. The molecule has 3 aromatic rings. The zero-order valence-electron chi connectivity index (χ0n) is 28.6. The number of hydrogen-bond donors (Lipinski definition) is 4. The summed E-state index contributed by atoms with van der Waals surface area (Å²) in [5.74, 6) is 0.868. The standard InChI is InChI=1S/C36H51N9O3/c1-5-7-12-25(19-38-27-13-9-8-10-14-27)26-17-24(3)33(31(18-26)48-4)42-35-30(34(37)47)21-39-36(43-35)41-28-20-40-45(22-28)29-15-11-16-44(23-29)32(46)6-2/h6,17-18,20-22,25,27,29,38H,2,5,7-16,19,23H2,1,3-4H3,(H2,37,47)(H2,39,41,42,43). The molecule has 12 heteroatoms. The van der Waals surface area contributed by atoms with Crippen molar-refractivity contribution in [3.63, 3.8) is 0 Å². The van der Waals surface area contributed by atoms with E-state index in [1.165, 1.54) is 49.9 Å². The van der Waals surface area contributed by atoms with Crippen LogP contribution in [0.5, 0.6) is 5.75 Å². The van der Waals surface area contributed by atoms with Crippen LogP contribution in [0.4, 0.5) is 23.1 Å². The van der Waals surface area contributed by atoms with Crippen molar-refractivity contribution in [3.8, 4) is 5.75 Å². The van der Waals surface area contributed by atoms with Crippen molar-refractivity contribution < 1.29 is 14.3 Å². The van der Waals surface area contributed by atoms with E-state index in [1.807, 2.05) is 17.8 Å². The number of rotatable bonds is 15. The Labute approximate surface area is 283 Å². The van der Waals surface area contributed by atoms with Crippen LogP contribution in [0, 0.1) is 6.92 Å². The predicted molar refractivity (Wildman–Crippen MR) is 189 cm³/mol. The monoisotopic (exact) mass is 657 g/mol. The van der Waals surface area contributed by atoms with E-state index in [2.05, 4.69) is 56.7 Å². The fourth-order valence-electron chi connectivity index (χ4n) is 6.86. The summed E-state index contributed by atoms with van der Waals surface area (Å²) in [6.45, 7) is 10.1. The Bertz CT molecular complexity index is 1570. The largest absolute Gasteiger partial charge is 0.495 e. The number of benzene rings is 1. The molecule has 1 aromatic carbocycles. The minimum atomic E-state index is -0.644. The molecule has 48 heavy (non-hydrogen) atoms. The van der Waals surface area contributed by atoms with E-state index in [0.29, 0.717) is 42.2 Å². The van der Waals surface area contributed by atoms with Crippen molar-refractivity contribution in [2.75, 3.05) is 37.4 Å². The number of amides is 2. The zero-order valence-corrected chi connectivity index (χ0v) is 28.6. The van der Waals surface area contributed by atoms with Gasteiger partial charge in [0.25, 0.3) is 5.91 Å². The third kappa shape index (κ3) is 8.71. The highest BCUT2D eigenvalue weighted by molar-refractivity contribution is 5.98. The van der Waals surface area contributed by atoms with Gasteiger partial charge in [-0.2, -0.15) is 10.1 Å². The van der Waals surface area contributed by atoms with Crippen molar-refractivity contribution in [2.45, 2.75) is 96.1 Å². The lowest BCUT2D eigenvalue weighted by molar-refractivity contribution is -0.127. The molecule has 0 radical (unpaired) electrons. The number of likely N-dealkylation sites (tertiary alicyclic amines) is 1. The van der Waals surface area contributed by atoms with E-state index in [9.17, 15) is 9.59 Å². The third-order valence-corrected chi connectivity index (χ3v) is 9.59. The third-order valence-electron chi connectivity index (χ3n) is 9.59. The zero-order chi connectivity index (χ0) is 34.0. The molecule has 0 spiro atoms. The quantitative estimate of drug-likeness (QED) is 0.142. The summed E-state index contributed by atoms with van der Waals surface area (Å²) in [6, 6.07) is 4.96. The summed E-state index contributed by atoms with van der Waals surface area (Å²) in [4.78, 5) is 35.4. The van der Waals surface area contributed by atoms with Gasteiger partial charge in [0.2, 0.25) is 11.9 Å². The molecule has 2 fully saturated rings. The number of anilines is 4. The topological polar surface area (TPSA) is 152 Å². The SMILES string of the molecule is C=CC(=O)N1CCCC(n2cc(Nc3ncc(C(N)=O)c(Nc4c(C)cc(C(CCCC)CNC5CCCCC5)cc4OC)n3)cn2)C1. The first-order chi connectivity index (χ1) is 23.3. The average molecular weight is 658 g/mol. The maximum atomic E-state index is 12.4. The first-order valence-corrected chi connectivity index (χ1v) is 17.4. The molecule has 3 heterocycles. The summed E-state index contributed by atoms with van der Waals surface area (Å²) >= 11 is 0. The van der Waals surface area contributed by atoms with Crippen LogP contribution in [0.1, 0.15) is 105 Å². The van der Waals surface area contributed by atoms with Crippen LogP contribution in [0.2, 0.25) is 0 Å². The van der Waals surface area contributed by atoms with Crippen LogP contribution in [0.15, 0.2) is 43.4 Å². The van der Waals surface area contributed by atoms with Crippen LogP contribution < -0.4 is 26.4 Å². The van der Waals surface area contributed by atoms with E-state index in [0.717, 1.165) is 44.2 Å². The number of hydrogen-bond acceptors (Lipinski definition) is 9. The van der Waals surface area contributed by atoms with Crippen LogP contribution >= 0.6 is 0 Å². The number of methoxy groups -OCH3 is 1. The molecule has 2 aliphatic rings. The molecule has 1 aliphatic heterocycles.